The summed E-state index contributed by atoms with van der Waals surface area (Å²) in [4.78, 5) is 11.9. The van der Waals surface area contributed by atoms with Crippen LogP contribution in [0.3, 0.4) is 0 Å². The number of carbonyl (C=O) groups excluding carboxylic acids is 1. The molecule has 92 valence electrons. The molecule has 3 unspecified atom stereocenters. The number of methoxy groups -OCH3 is 1. The van der Waals surface area contributed by atoms with E-state index in [1.54, 1.807) is 0 Å². The highest BCUT2D eigenvalue weighted by Crippen LogP contribution is 2.59. The van der Waals surface area contributed by atoms with Gasteiger partial charge in [0.15, 0.2) is 5.60 Å². The van der Waals surface area contributed by atoms with Crippen LogP contribution in [0.2, 0.25) is 0 Å². The van der Waals surface area contributed by atoms with E-state index in [2.05, 4.69) is 6.92 Å². The standard InChI is InChI=1S/C12H20O4/c1-4-11(9-6-7-15-8-9)12(5-2,16-11)10(13)14-3/h9H,4-8H2,1-3H3. The smallest absolute Gasteiger partial charge is 0.341 e. The quantitative estimate of drug-likeness (QED) is 0.540. The molecule has 16 heavy (non-hydrogen) atoms. The van der Waals surface area contributed by atoms with Crippen LogP contribution < -0.4 is 0 Å². The van der Waals surface area contributed by atoms with Gasteiger partial charge in [0.25, 0.3) is 0 Å². The number of rotatable bonds is 4. The van der Waals surface area contributed by atoms with Gasteiger partial charge in [-0.1, -0.05) is 13.8 Å². The molecule has 2 saturated heterocycles. The van der Waals surface area contributed by atoms with Crippen LogP contribution in [0.4, 0.5) is 0 Å². The average molecular weight is 228 g/mol. The van der Waals surface area contributed by atoms with E-state index in [1.807, 2.05) is 6.92 Å². The number of epoxide rings is 1. The zero-order valence-electron chi connectivity index (χ0n) is 10.2. The maximum Gasteiger partial charge on any atom is 0.341 e. The van der Waals surface area contributed by atoms with E-state index in [4.69, 9.17) is 14.2 Å². The second-order valence-corrected chi connectivity index (χ2v) is 4.58. The Morgan fingerprint density at radius 2 is 2.19 bits per heavy atom. The van der Waals surface area contributed by atoms with Crippen LogP contribution in [0, 0.1) is 5.92 Å². The van der Waals surface area contributed by atoms with Gasteiger partial charge < -0.3 is 14.2 Å². The first-order chi connectivity index (χ1) is 7.66. The SMILES string of the molecule is CCC1(C(=O)OC)OC1(CC)C1CCOC1. The third-order valence-electron chi connectivity index (χ3n) is 4.13. The van der Waals surface area contributed by atoms with Gasteiger partial charge in [-0.15, -0.1) is 0 Å². The summed E-state index contributed by atoms with van der Waals surface area (Å²) >= 11 is 0. The molecule has 4 heteroatoms. The van der Waals surface area contributed by atoms with Gasteiger partial charge in [-0.05, 0) is 19.3 Å². The van der Waals surface area contributed by atoms with E-state index in [9.17, 15) is 4.79 Å². The minimum atomic E-state index is -0.713. The van der Waals surface area contributed by atoms with Crippen molar-refractivity contribution in [2.75, 3.05) is 20.3 Å². The Kier molecular flexibility index (Phi) is 2.97. The predicted octanol–water partition coefficient (Wildman–Crippen LogP) is 1.52. The molecule has 2 aliphatic heterocycles. The Hall–Kier alpha value is -0.610. The lowest BCUT2D eigenvalue weighted by Gasteiger charge is -2.20. The average Bonchev–Trinajstić information content (AvgIpc) is 2.72. The molecular weight excluding hydrogens is 208 g/mol. The van der Waals surface area contributed by atoms with Gasteiger partial charge in [0.1, 0.15) is 5.60 Å². The Bertz CT molecular complexity index is 285. The molecule has 0 saturated carbocycles. The number of ether oxygens (including phenoxy) is 3. The fourth-order valence-corrected chi connectivity index (χ4v) is 3.14. The van der Waals surface area contributed by atoms with Crippen molar-refractivity contribution in [2.45, 2.75) is 44.3 Å². The van der Waals surface area contributed by atoms with E-state index in [-0.39, 0.29) is 11.6 Å². The van der Waals surface area contributed by atoms with Gasteiger partial charge in [-0.25, -0.2) is 4.79 Å². The lowest BCUT2D eigenvalue weighted by atomic mass is 9.78. The Labute approximate surface area is 96.2 Å². The van der Waals surface area contributed by atoms with Crippen LogP contribution in [0.5, 0.6) is 0 Å². The molecule has 0 radical (unpaired) electrons. The van der Waals surface area contributed by atoms with Crippen LogP contribution in [0.1, 0.15) is 33.1 Å². The van der Waals surface area contributed by atoms with Crippen molar-refractivity contribution in [1.82, 2.24) is 0 Å². The van der Waals surface area contributed by atoms with Crippen LogP contribution >= 0.6 is 0 Å². The summed E-state index contributed by atoms with van der Waals surface area (Å²) in [6, 6.07) is 0. The molecule has 0 bridgehead atoms. The molecule has 0 aliphatic carbocycles. The molecule has 4 nitrogen and oxygen atoms in total. The van der Waals surface area contributed by atoms with Crippen molar-refractivity contribution < 1.29 is 19.0 Å². The van der Waals surface area contributed by atoms with Crippen LogP contribution in [-0.4, -0.2) is 37.5 Å². The topological polar surface area (TPSA) is 48.1 Å². The summed E-state index contributed by atoms with van der Waals surface area (Å²) in [5, 5.41) is 0. The van der Waals surface area contributed by atoms with Gasteiger partial charge in [-0.2, -0.15) is 0 Å². The molecule has 0 amide bonds. The van der Waals surface area contributed by atoms with Crippen molar-refractivity contribution in [1.29, 1.82) is 0 Å². The summed E-state index contributed by atoms with van der Waals surface area (Å²) in [6.45, 7) is 5.52. The number of esters is 1. The van der Waals surface area contributed by atoms with Crippen molar-refractivity contribution >= 4 is 5.97 Å². The zero-order valence-corrected chi connectivity index (χ0v) is 10.2. The van der Waals surface area contributed by atoms with E-state index in [0.717, 1.165) is 19.4 Å². The number of carbonyl (C=O) groups is 1. The Morgan fingerprint density at radius 3 is 2.62 bits per heavy atom. The lowest BCUT2D eigenvalue weighted by Crippen LogP contribution is -2.39. The maximum absolute atomic E-state index is 11.9. The molecule has 0 aromatic rings. The summed E-state index contributed by atoms with van der Waals surface area (Å²) < 4.78 is 16.2. The van der Waals surface area contributed by atoms with Crippen molar-refractivity contribution in [2.24, 2.45) is 5.92 Å². The minimum Gasteiger partial charge on any atom is -0.467 e. The molecule has 0 aromatic carbocycles. The largest absolute Gasteiger partial charge is 0.467 e. The summed E-state index contributed by atoms with van der Waals surface area (Å²) in [5.41, 5.74) is -1.06. The maximum atomic E-state index is 11.9. The van der Waals surface area contributed by atoms with Gasteiger partial charge in [0, 0.05) is 12.5 Å². The highest BCUT2D eigenvalue weighted by molar-refractivity contribution is 5.85. The molecule has 2 fully saturated rings. The summed E-state index contributed by atoms with van der Waals surface area (Å²) in [6.07, 6.45) is 2.49. The summed E-state index contributed by atoms with van der Waals surface area (Å²) in [5.74, 6) is 0.0975. The molecule has 0 N–H and O–H groups in total. The van der Waals surface area contributed by atoms with E-state index in [1.165, 1.54) is 7.11 Å². The molecule has 2 rings (SSSR count). The van der Waals surface area contributed by atoms with Gasteiger partial charge >= 0.3 is 5.97 Å². The highest BCUT2D eigenvalue weighted by Gasteiger charge is 2.76. The second kappa shape index (κ2) is 4.00. The third kappa shape index (κ3) is 1.32. The van der Waals surface area contributed by atoms with Crippen molar-refractivity contribution in [3.05, 3.63) is 0 Å². The van der Waals surface area contributed by atoms with Gasteiger partial charge in [0.2, 0.25) is 0 Å². The first-order valence-corrected chi connectivity index (χ1v) is 6.03. The van der Waals surface area contributed by atoms with Gasteiger partial charge in [-0.3, -0.25) is 0 Å². The first-order valence-electron chi connectivity index (χ1n) is 6.03. The van der Waals surface area contributed by atoms with Crippen LogP contribution in [0.15, 0.2) is 0 Å². The van der Waals surface area contributed by atoms with Gasteiger partial charge in [0.05, 0.1) is 13.7 Å². The Morgan fingerprint density at radius 1 is 1.44 bits per heavy atom. The fraction of sp³-hybridized carbons (Fsp3) is 0.917. The molecule has 2 heterocycles. The molecule has 0 spiro atoms. The van der Waals surface area contributed by atoms with E-state index in [0.29, 0.717) is 18.9 Å². The zero-order chi connectivity index (χ0) is 11.8. The summed E-state index contributed by atoms with van der Waals surface area (Å²) in [7, 11) is 1.42. The number of hydrogen-bond donors (Lipinski definition) is 0. The second-order valence-electron chi connectivity index (χ2n) is 4.58. The lowest BCUT2D eigenvalue weighted by molar-refractivity contribution is -0.147. The highest BCUT2D eigenvalue weighted by atomic mass is 16.7. The van der Waals surface area contributed by atoms with Crippen LogP contribution in [-0.2, 0) is 19.0 Å². The van der Waals surface area contributed by atoms with Crippen molar-refractivity contribution in [3.63, 3.8) is 0 Å². The van der Waals surface area contributed by atoms with E-state index >= 15 is 0 Å². The van der Waals surface area contributed by atoms with Crippen molar-refractivity contribution in [3.8, 4) is 0 Å². The predicted molar refractivity (Wildman–Crippen MR) is 58.1 cm³/mol. The Balaban J connectivity index is 2.21. The van der Waals surface area contributed by atoms with E-state index < -0.39 is 5.60 Å². The third-order valence-corrected chi connectivity index (χ3v) is 4.13. The monoisotopic (exact) mass is 228 g/mol. The first kappa shape index (κ1) is 11.9. The molecule has 0 aromatic heterocycles. The van der Waals surface area contributed by atoms with Crippen LogP contribution in [0.25, 0.3) is 0 Å². The minimum absolute atomic E-state index is 0.233. The molecule has 3 atom stereocenters. The fourth-order valence-electron chi connectivity index (χ4n) is 3.14. The molecule has 2 aliphatic rings. The number of hydrogen-bond acceptors (Lipinski definition) is 4. The normalized spacial score (nSPS) is 42.1. The molecular formula is C12H20O4.